The Balaban J connectivity index is 2.07. The van der Waals surface area contributed by atoms with Crippen molar-refractivity contribution in [1.82, 2.24) is 0 Å². The first-order valence-corrected chi connectivity index (χ1v) is 6.50. The lowest BCUT2D eigenvalue weighted by atomic mass is 10.2. The van der Waals surface area contributed by atoms with Crippen molar-refractivity contribution < 1.29 is 9.53 Å². The van der Waals surface area contributed by atoms with Gasteiger partial charge in [-0.25, -0.2) is 0 Å². The number of methoxy groups -OCH3 is 1. The van der Waals surface area contributed by atoms with Crippen molar-refractivity contribution in [3.8, 4) is 5.75 Å². The molecule has 0 atom stereocenters. The van der Waals surface area contributed by atoms with Crippen LogP contribution in [-0.4, -0.2) is 26.5 Å². The fourth-order valence-corrected chi connectivity index (χ4v) is 2.33. The molecule has 0 aliphatic rings. The highest BCUT2D eigenvalue weighted by Crippen LogP contribution is 2.20. The number of ether oxygens (including phenoxy) is 1. The topological polar surface area (TPSA) is 29.5 Å². The summed E-state index contributed by atoms with van der Waals surface area (Å²) in [7, 11) is 3.54. The monoisotopic (exact) mass is 261 g/mol. The number of carbonyl (C=O) groups excluding carboxylic acids is 1. The van der Waals surface area contributed by atoms with E-state index in [-0.39, 0.29) is 5.78 Å². The van der Waals surface area contributed by atoms with Gasteiger partial charge < -0.3 is 9.64 Å². The van der Waals surface area contributed by atoms with Crippen molar-refractivity contribution in [3.63, 3.8) is 0 Å². The lowest BCUT2D eigenvalue weighted by Gasteiger charge is -2.18. The van der Waals surface area contributed by atoms with Gasteiger partial charge in [0, 0.05) is 18.8 Å². The Kier molecular flexibility index (Phi) is 3.99. The molecule has 18 heavy (non-hydrogen) atoms. The van der Waals surface area contributed by atoms with Gasteiger partial charge in [-0.05, 0) is 23.6 Å². The molecule has 2 aromatic rings. The van der Waals surface area contributed by atoms with Crippen LogP contribution in [0.25, 0.3) is 0 Å². The molecule has 2 rings (SSSR count). The zero-order valence-electron chi connectivity index (χ0n) is 10.4. The van der Waals surface area contributed by atoms with Gasteiger partial charge >= 0.3 is 0 Å². The van der Waals surface area contributed by atoms with Gasteiger partial charge in [0.15, 0.2) is 5.78 Å². The van der Waals surface area contributed by atoms with Crippen LogP contribution in [0.1, 0.15) is 9.67 Å². The van der Waals surface area contributed by atoms with Crippen LogP contribution in [0.5, 0.6) is 5.75 Å². The summed E-state index contributed by atoms with van der Waals surface area (Å²) in [5, 5.41) is 1.92. The Morgan fingerprint density at radius 3 is 2.83 bits per heavy atom. The van der Waals surface area contributed by atoms with Gasteiger partial charge in [0.1, 0.15) is 5.75 Å². The minimum absolute atomic E-state index is 0.135. The Morgan fingerprint density at radius 2 is 2.17 bits per heavy atom. The summed E-state index contributed by atoms with van der Waals surface area (Å²) in [6.45, 7) is 0.369. The van der Waals surface area contributed by atoms with Crippen LogP contribution in [0.2, 0.25) is 0 Å². The van der Waals surface area contributed by atoms with Crippen molar-refractivity contribution >= 4 is 22.8 Å². The van der Waals surface area contributed by atoms with Gasteiger partial charge in [0.05, 0.1) is 18.5 Å². The maximum absolute atomic E-state index is 12.0. The zero-order valence-corrected chi connectivity index (χ0v) is 11.2. The average Bonchev–Trinajstić information content (AvgIpc) is 2.92. The van der Waals surface area contributed by atoms with E-state index >= 15 is 0 Å². The second kappa shape index (κ2) is 5.69. The molecule has 0 saturated carbocycles. The second-order valence-corrected chi connectivity index (χ2v) is 4.91. The van der Waals surface area contributed by atoms with E-state index in [9.17, 15) is 4.79 Å². The largest absolute Gasteiger partial charge is 0.497 e. The van der Waals surface area contributed by atoms with Crippen molar-refractivity contribution in [3.05, 3.63) is 46.7 Å². The number of likely N-dealkylation sites (N-methyl/N-ethyl adjacent to an activating group) is 1. The molecule has 0 spiro atoms. The molecular formula is C14H15NO2S. The quantitative estimate of drug-likeness (QED) is 0.775. The molecule has 0 aliphatic carbocycles. The fourth-order valence-electron chi connectivity index (χ4n) is 1.67. The van der Waals surface area contributed by atoms with Crippen LogP contribution < -0.4 is 9.64 Å². The summed E-state index contributed by atoms with van der Waals surface area (Å²) >= 11 is 1.47. The lowest BCUT2D eigenvalue weighted by molar-refractivity contribution is 0.100. The number of nitrogens with zero attached hydrogens (tertiary/aromatic N) is 1. The molecule has 0 aliphatic heterocycles. The third kappa shape index (κ3) is 2.90. The number of thiophene rings is 1. The van der Waals surface area contributed by atoms with Gasteiger partial charge in [0.25, 0.3) is 0 Å². The first-order chi connectivity index (χ1) is 8.70. The van der Waals surface area contributed by atoms with Gasteiger partial charge in [-0.1, -0.05) is 12.1 Å². The lowest BCUT2D eigenvalue weighted by Crippen LogP contribution is -2.25. The second-order valence-electron chi connectivity index (χ2n) is 3.96. The summed E-state index contributed by atoms with van der Waals surface area (Å²) in [5.74, 6) is 0.929. The molecule has 0 unspecified atom stereocenters. The van der Waals surface area contributed by atoms with E-state index < -0.39 is 0 Å². The minimum atomic E-state index is 0.135. The predicted molar refractivity (Wildman–Crippen MR) is 74.9 cm³/mol. The number of hydrogen-bond acceptors (Lipinski definition) is 4. The highest BCUT2D eigenvalue weighted by Gasteiger charge is 2.11. The normalized spacial score (nSPS) is 10.1. The predicted octanol–water partition coefficient (Wildman–Crippen LogP) is 3.08. The highest BCUT2D eigenvalue weighted by molar-refractivity contribution is 7.12. The zero-order chi connectivity index (χ0) is 13.0. The molecule has 1 heterocycles. The smallest absolute Gasteiger partial charge is 0.191 e. The summed E-state index contributed by atoms with van der Waals surface area (Å²) < 4.78 is 5.17. The molecule has 0 fully saturated rings. The van der Waals surface area contributed by atoms with E-state index in [0.29, 0.717) is 6.54 Å². The number of anilines is 1. The van der Waals surface area contributed by atoms with Gasteiger partial charge in [-0.2, -0.15) is 0 Å². The Labute approximate surface area is 111 Å². The van der Waals surface area contributed by atoms with Crippen molar-refractivity contribution in [1.29, 1.82) is 0 Å². The summed E-state index contributed by atoms with van der Waals surface area (Å²) in [5.41, 5.74) is 0.972. The molecule has 4 heteroatoms. The van der Waals surface area contributed by atoms with Crippen LogP contribution in [0.15, 0.2) is 41.8 Å². The minimum Gasteiger partial charge on any atom is -0.497 e. The van der Waals surface area contributed by atoms with Crippen molar-refractivity contribution in [2.45, 2.75) is 0 Å². The maximum Gasteiger partial charge on any atom is 0.191 e. The van der Waals surface area contributed by atoms with E-state index in [2.05, 4.69) is 0 Å². The molecule has 3 nitrogen and oxygen atoms in total. The van der Waals surface area contributed by atoms with E-state index in [4.69, 9.17) is 4.74 Å². The molecule has 0 N–H and O–H groups in total. The van der Waals surface area contributed by atoms with Crippen LogP contribution >= 0.6 is 11.3 Å². The summed E-state index contributed by atoms with van der Waals surface area (Å²) in [6, 6.07) is 11.4. The number of carbonyl (C=O) groups is 1. The van der Waals surface area contributed by atoms with Crippen LogP contribution in [0, 0.1) is 0 Å². The van der Waals surface area contributed by atoms with Crippen LogP contribution in [-0.2, 0) is 0 Å². The van der Waals surface area contributed by atoms with Crippen molar-refractivity contribution in [2.24, 2.45) is 0 Å². The van der Waals surface area contributed by atoms with Gasteiger partial charge in [-0.15, -0.1) is 11.3 Å². The molecule has 0 radical (unpaired) electrons. The Hall–Kier alpha value is -1.81. The van der Waals surface area contributed by atoms with Gasteiger partial charge in [-0.3, -0.25) is 4.79 Å². The van der Waals surface area contributed by atoms with Crippen LogP contribution in [0.4, 0.5) is 5.69 Å². The Bertz CT molecular complexity index is 522. The standard InChI is InChI=1S/C14H15NO2S/c1-15(10-13(16)14-7-4-8-18-14)11-5-3-6-12(9-11)17-2/h3-9H,10H2,1-2H3. The number of rotatable bonds is 5. The van der Waals surface area contributed by atoms with E-state index in [0.717, 1.165) is 16.3 Å². The summed E-state index contributed by atoms with van der Waals surface area (Å²) in [4.78, 5) is 14.7. The van der Waals surface area contributed by atoms with E-state index in [1.807, 2.05) is 53.7 Å². The number of Topliss-reactive ketones (excluding diaryl/α,β-unsaturated/α-hetero) is 1. The fraction of sp³-hybridized carbons (Fsp3) is 0.214. The van der Waals surface area contributed by atoms with Gasteiger partial charge in [0.2, 0.25) is 0 Å². The van der Waals surface area contributed by atoms with Crippen molar-refractivity contribution in [2.75, 3.05) is 25.6 Å². The molecule has 1 aromatic carbocycles. The third-order valence-electron chi connectivity index (χ3n) is 2.67. The maximum atomic E-state index is 12.0. The molecule has 0 bridgehead atoms. The number of ketones is 1. The average molecular weight is 261 g/mol. The number of benzene rings is 1. The van der Waals surface area contributed by atoms with E-state index in [1.54, 1.807) is 7.11 Å². The molecule has 0 saturated heterocycles. The van der Waals surface area contributed by atoms with E-state index in [1.165, 1.54) is 11.3 Å². The molecule has 0 amide bonds. The first-order valence-electron chi connectivity index (χ1n) is 5.62. The van der Waals surface area contributed by atoms with Crippen LogP contribution in [0.3, 0.4) is 0 Å². The molecule has 94 valence electrons. The first kappa shape index (κ1) is 12.6. The highest BCUT2D eigenvalue weighted by atomic mass is 32.1. The Morgan fingerprint density at radius 1 is 1.33 bits per heavy atom. The summed E-state index contributed by atoms with van der Waals surface area (Å²) in [6.07, 6.45) is 0. The number of hydrogen-bond donors (Lipinski definition) is 0. The molecule has 1 aromatic heterocycles. The molecular weight excluding hydrogens is 246 g/mol. The SMILES string of the molecule is COc1cccc(N(C)CC(=O)c2cccs2)c1. The third-order valence-corrected chi connectivity index (χ3v) is 3.58.